The lowest BCUT2D eigenvalue weighted by molar-refractivity contribution is 0.539. The molecule has 2 rings (SSSR count). The molecule has 0 unspecified atom stereocenters. The minimum Gasteiger partial charge on any atom is -0.411 e. The molecule has 0 aliphatic rings. The second-order valence-electron chi connectivity index (χ2n) is 3.06. The van der Waals surface area contributed by atoms with E-state index in [1.807, 2.05) is 19.9 Å². The average Bonchev–Trinajstić information content (AvgIpc) is 2.65. The smallest absolute Gasteiger partial charge is 0.285 e. The number of nitrogens with zero attached hydrogens (tertiary/aromatic N) is 4. The number of rotatable bonds is 2. The summed E-state index contributed by atoms with van der Waals surface area (Å²) in [7, 11) is 0. The van der Waals surface area contributed by atoms with Gasteiger partial charge in [-0.2, -0.15) is 10.2 Å². The molecule has 2 aromatic heterocycles. The van der Waals surface area contributed by atoms with Crippen LogP contribution in [0.1, 0.15) is 18.3 Å². The van der Waals surface area contributed by atoms with E-state index in [0.717, 1.165) is 23.4 Å². The third kappa shape index (κ3) is 2.04. The van der Waals surface area contributed by atoms with Crippen LogP contribution >= 0.6 is 15.9 Å². The molecule has 0 amide bonds. The lowest BCUT2D eigenvalue weighted by Crippen LogP contribution is -1.97. The standard InChI is InChI=1S/C9H9BrN4O/c1-3-7-6(4-5(2)11-12-7)8-13-14-9(10)15-8/h4H,3H2,1-2H3. The third-order valence-electron chi connectivity index (χ3n) is 1.96. The predicted molar refractivity (Wildman–Crippen MR) is 57.1 cm³/mol. The number of aryl methyl sites for hydroxylation is 2. The fraction of sp³-hybridized carbons (Fsp3) is 0.333. The van der Waals surface area contributed by atoms with Gasteiger partial charge in [0.2, 0.25) is 0 Å². The van der Waals surface area contributed by atoms with Crippen LogP contribution in [0.3, 0.4) is 0 Å². The molecule has 5 nitrogen and oxygen atoms in total. The fourth-order valence-electron chi connectivity index (χ4n) is 1.27. The van der Waals surface area contributed by atoms with Crippen LogP contribution in [-0.4, -0.2) is 20.4 Å². The monoisotopic (exact) mass is 268 g/mol. The highest BCUT2D eigenvalue weighted by atomic mass is 79.9. The zero-order chi connectivity index (χ0) is 10.8. The summed E-state index contributed by atoms with van der Waals surface area (Å²) in [5, 5.41) is 15.7. The van der Waals surface area contributed by atoms with Gasteiger partial charge in [0.1, 0.15) is 0 Å². The second-order valence-corrected chi connectivity index (χ2v) is 3.74. The molecule has 0 aliphatic carbocycles. The highest BCUT2D eigenvalue weighted by Gasteiger charge is 2.12. The van der Waals surface area contributed by atoms with Crippen molar-refractivity contribution in [2.24, 2.45) is 0 Å². The Labute approximate surface area is 95.1 Å². The molecule has 0 bridgehead atoms. The van der Waals surface area contributed by atoms with E-state index < -0.39 is 0 Å². The van der Waals surface area contributed by atoms with E-state index >= 15 is 0 Å². The van der Waals surface area contributed by atoms with Crippen LogP contribution in [0.2, 0.25) is 0 Å². The number of halogens is 1. The van der Waals surface area contributed by atoms with Gasteiger partial charge < -0.3 is 4.42 Å². The van der Waals surface area contributed by atoms with E-state index in [9.17, 15) is 0 Å². The van der Waals surface area contributed by atoms with Crippen molar-refractivity contribution < 1.29 is 4.42 Å². The Morgan fingerprint density at radius 3 is 2.67 bits per heavy atom. The minimum absolute atomic E-state index is 0.369. The van der Waals surface area contributed by atoms with Crippen LogP contribution < -0.4 is 0 Å². The van der Waals surface area contributed by atoms with Crippen molar-refractivity contribution in [2.75, 3.05) is 0 Å². The Morgan fingerprint density at radius 2 is 2.07 bits per heavy atom. The summed E-state index contributed by atoms with van der Waals surface area (Å²) >= 11 is 3.12. The van der Waals surface area contributed by atoms with E-state index in [0.29, 0.717) is 10.7 Å². The largest absolute Gasteiger partial charge is 0.411 e. The van der Waals surface area contributed by atoms with Crippen LogP contribution in [-0.2, 0) is 6.42 Å². The summed E-state index contributed by atoms with van der Waals surface area (Å²) in [5.41, 5.74) is 2.54. The molecule has 2 aromatic rings. The zero-order valence-electron chi connectivity index (χ0n) is 8.36. The van der Waals surface area contributed by atoms with Crippen molar-refractivity contribution in [1.82, 2.24) is 20.4 Å². The molecule has 0 N–H and O–H groups in total. The molecular formula is C9H9BrN4O. The van der Waals surface area contributed by atoms with Crippen LogP contribution in [0.4, 0.5) is 0 Å². The summed E-state index contributed by atoms with van der Waals surface area (Å²) in [5.74, 6) is 0.469. The molecule has 2 heterocycles. The number of hydrogen-bond donors (Lipinski definition) is 0. The average molecular weight is 269 g/mol. The van der Waals surface area contributed by atoms with Crippen molar-refractivity contribution in [2.45, 2.75) is 20.3 Å². The Morgan fingerprint density at radius 1 is 1.27 bits per heavy atom. The molecule has 78 valence electrons. The first-order valence-corrected chi connectivity index (χ1v) is 5.32. The van der Waals surface area contributed by atoms with E-state index in [4.69, 9.17) is 4.42 Å². The van der Waals surface area contributed by atoms with Crippen molar-refractivity contribution in [3.05, 3.63) is 22.3 Å². The van der Waals surface area contributed by atoms with Gasteiger partial charge in [-0.25, -0.2) is 0 Å². The van der Waals surface area contributed by atoms with Gasteiger partial charge >= 0.3 is 0 Å². The lowest BCUT2D eigenvalue weighted by Gasteiger charge is -2.01. The zero-order valence-corrected chi connectivity index (χ0v) is 9.95. The SMILES string of the molecule is CCc1nnc(C)cc1-c1nnc(Br)o1. The van der Waals surface area contributed by atoms with E-state index in [-0.39, 0.29) is 0 Å². The lowest BCUT2D eigenvalue weighted by atomic mass is 10.1. The minimum atomic E-state index is 0.369. The van der Waals surface area contributed by atoms with Crippen LogP contribution in [0.15, 0.2) is 15.3 Å². The van der Waals surface area contributed by atoms with Crippen LogP contribution in [0.5, 0.6) is 0 Å². The van der Waals surface area contributed by atoms with Gasteiger partial charge in [-0.1, -0.05) is 6.92 Å². The molecule has 0 saturated heterocycles. The number of aromatic nitrogens is 4. The molecule has 0 saturated carbocycles. The predicted octanol–water partition coefficient (Wildman–Crippen LogP) is 2.16. The third-order valence-corrected chi connectivity index (χ3v) is 2.28. The van der Waals surface area contributed by atoms with Crippen molar-refractivity contribution in [3.63, 3.8) is 0 Å². The van der Waals surface area contributed by atoms with E-state index in [1.165, 1.54) is 0 Å². The Kier molecular flexibility index (Phi) is 2.77. The van der Waals surface area contributed by atoms with Gasteiger partial charge in [-0.3, -0.25) is 0 Å². The van der Waals surface area contributed by atoms with Crippen molar-refractivity contribution in [3.8, 4) is 11.5 Å². The summed E-state index contributed by atoms with van der Waals surface area (Å²) in [4.78, 5) is 0.369. The molecular weight excluding hydrogens is 260 g/mol. The van der Waals surface area contributed by atoms with Crippen molar-refractivity contribution >= 4 is 15.9 Å². The maximum atomic E-state index is 5.29. The molecule has 0 fully saturated rings. The maximum absolute atomic E-state index is 5.29. The molecule has 0 atom stereocenters. The Bertz CT molecular complexity index is 483. The fourth-order valence-corrected chi connectivity index (χ4v) is 1.51. The van der Waals surface area contributed by atoms with Gasteiger partial charge in [0.05, 0.1) is 17.0 Å². The summed E-state index contributed by atoms with van der Waals surface area (Å²) < 4.78 is 5.29. The topological polar surface area (TPSA) is 64.7 Å². The molecule has 0 aromatic carbocycles. The van der Waals surface area contributed by atoms with Gasteiger partial charge in [0.25, 0.3) is 10.7 Å². The van der Waals surface area contributed by atoms with Crippen molar-refractivity contribution in [1.29, 1.82) is 0 Å². The molecule has 0 aliphatic heterocycles. The van der Waals surface area contributed by atoms with Gasteiger partial charge in [0.15, 0.2) is 0 Å². The highest BCUT2D eigenvalue weighted by molar-refractivity contribution is 9.10. The van der Waals surface area contributed by atoms with E-state index in [2.05, 4.69) is 36.3 Å². The quantitative estimate of drug-likeness (QED) is 0.835. The van der Waals surface area contributed by atoms with Gasteiger partial charge in [-0.15, -0.1) is 10.2 Å². The first kappa shape index (κ1) is 10.2. The normalized spacial score (nSPS) is 10.6. The first-order valence-electron chi connectivity index (χ1n) is 4.53. The highest BCUT2D eigenvalue weighted by Crippen LogP contribution is 2.23. The number of hydrogen-bond acceptors (Lipinski definition) is 5. The van der Waals surface area contributed by atoms with Crippen LogP contribution in [0.25, 0.3) is 11.5 Å². The molecule has 0 spiro atoms. The Balaban J connectivity index is 2.55. The van der Waals surface area contributed by atoms with Gasteiger partial charge in [0, 0.05) is 15.9 Å². The second kappa shape index (κ2) is 4.06. The summed E-state index contributed by atoms with van der Waals surface area (Å²) in [6.07, 6.45) is 0.780. The molecule has 15 heavy (non-hydrogen) atoms. The van der Waals surface area contributed by atoms with Gasteiger partial charge in [-0.05, 0) is 19.4 Å². The van der Waals surface area contributed by atoms with E-state index in [1.54, 1.807) is 0 Å². The van der Waals surface area contributed by atoms with Crippen LogP contribution in [0, 0.1) is 6.92 Å². The summed E-state index contributed by atoms with van der Waals surface area (Å²) in [6.45, 7) is 3.88. The summed E-state index contributed by atoms with van der Waals surface area (Å²) in [6, 6.07) is 1.89. The molecule has 0 radical (unpaired) electrons. The maximum Gasteiger partial charge on any atom is 0.285 e. The first-order chi connectivity index (χ1) is 7.20. The molecule has 6 heteroatoms. The Hall–Kier alpha value is -1.30.